The Morgan fingerprint density at radius 1 is 0.793 bits per heavy atom. The van der Waals surface area contributed by atoms with Crippen molar-refractivity contribution in [1.82, 2.24) is 0 Å². The van der Waals surface area contributed by atoms with Gasteiger partial charge in [-0.2, -0.15) is 21.6 Å². The van der Waals surface area contributed by atoms with Crippen molar-refractivity contribution in [2.24, 2.45) is 0 Å². The molecule has 0 saturated carbocycles. The summed E-state index contributed by atoms with van der Waals surface area (Å²) in [6.45, 7) is 1.73. The van der Waals surface area contributed by atoms with E-state index in [-0.39, 0.29) is 10.5 Å². The summed E-state index contributed by atoms with van der Waals surface area (Å²) in [5, 5.41) is 0. The van der Waals surface area contributed by atoms with Gasteiger partial charge in [-0.05, 0) is 48.9 Å². The summed E-state index contributed by atoms with van der Waals surface area (Å²) in [7, 11) is -4.62. The van der Waals surface area contributed by atoms with Gasteiger partial charge in [0.1, 0.15) is 11.5 Å². The second kappa shape index (κ2) is 8.26. The number of hydrogen-bond acceptors (Lipinski definition) is 4. The third-order valence-corrected chi connectivity index (χ3v) is 5.29. The van der Waals surface area contributed by atoms with Crippen molar-refractivity contribution >= 4 is 10.1 Å². The molecule has 3 aromatic carbocycles. The van der Waals surface area contributed by atoms with E-state index in [1.807, 2.05) is 0 Å². The molecule has 0 fully saturated rings. The van der Waals surface area contributed by atoms with Gasteiger partial charge in [-0.15, -0.1) is 0 Å². The predicted molar refractivity (Wildman–Crippen MR) is 101 cm³/mol. The predicted octanol–water partition coefficient (Wildman–Crippen LogP) is 5.80. The summed E-state index contributed by atoms with van der Waals surface area (Å²) in [6.07, 6.45) is -7.57. The Morgan fingerprint density at radius 3 is 1.90 bits per heavy atom. The van der Waals surface area contributed by atoms with E-state index in [0.717, 1.165) is 17.7 Å². The van der Waals surface area contributed by atoms with Gasteiger partial charge in [0.25, 0.3) is 10.1 Å². The molecule has 1 unspecified atom stereocenters. The topological polar surface area (TPSA) is 52.6 Å². The molecule has 8 heteroatoms. The molecular weight excluding hydrogens is 405 g/mol. The second-order valence-corrected chi connectivity index (χ2v) is 7.84. The van der Waals surface area contributed by atoms with Gasteiger partial charge in [0.15, 0.2) is 6.10 Å². The number of hydrogen-bond donors (Lipinski definition) is 0. The molecule has 0 bridgehead atoms. The van der Waals surface area contributed by atoms with Crippen LogP contribution in [-0.4, -0.2) is 14.6 Å². The first kappa shape index (κ1) is 20.9. The molecule has 152 valence electrons. The first-order valence-electron chi connectivity index (χ1n) is 8.55. The number of halogens is 3. The molecule has 4 nitrogen and oxygen atoms in total. The lowest BCUT2D eigenvalue weighted by Crippen LogP contribution is -2.26. The van der Waals surface area contributed by atoms with Crippen LogP contribution in [0.1, 0.15) is 17.2 Å². The van der Waals surface area contributed by atoms with Gasteiger partial charge in [0, 0.05) is 0 Å². The first-order chi connectivity index (χ1) is 13.6. The molecule has 0 aliphatic rings. The molecule has 29 heavy (non-hydrogen) atoms. The quantitative estimate of drug-likeness (QED) is 0.472. The largest absolute Gasteiger partial charge is 0.457 e. The Labute approximate surface area is 166 Å². The molecule has 0 saturated heterocycles. The summed E-state index contributed by atoms with van der Waals surface area (Å²) in [5.74, 6) is 0.827. The minimum atomic E-state index is -4.93. The van der Waals surface area contributed by atoms with Gasteiger partial charge in [-0.3, -0.25) is 0 Å². The number of aryl methyl sites for hydroxylation is 1. The SMILES string of the molecule is Cc1ccc(S(=O)(=O)OC(c2ccc(Oc3ccccc3)cc2)C(F)(F)F)cc1. The van der Waals surface area contributed by atoms with Crippen LogP contribution >= 0.6 is 0 Å². The van der Waals surface area contributed by atoms with Gasteiger partial charge in [0.05, 0.1) is 4.90 Å². The van der Waals surface area contributed by atoms with Gasteiger partial charge in [0.2, 0.25) is 0 Å². The normalized spacial score (nSPS) is 13.1. The lowest BCUT2D eigenvalue weighted by molar-refractivity contribution is -0.196. The molecule has 0 N–H and O–H groups in total. The van der Waals surface area contributed by atoms with E-state index in [9.17, 15) is 21.6 Å². The van der Waals surface area contributed by atoms with Crippen molar-refractivity contribution in [3.05, 3.63) is 90.0 Å². The Hall–Kier alpha value is -2.84. The van der Waals surface area contributed by atoms with E-state index >= 15 is 0 Å². The number of alkyl halides is 3. The fourth-order valence-electron chi connectivity index (χ4n) is 2.52. The van der Waals surface area contributed by atoms with Gasteiger partial charge >= 0.3 is 6.18 Å². The Morgan fingerprint density at radius 2 is 1.34 bits per heavy atom. The number of benzene rings is 3. The van der Waals surface area contributed by atoms with Gasteiger partial charge in [-0.1, -0.05) is 48.0 Å². The van der Waals surface area contributed by atoms with Crippen molar-refractivity contribution < 1.29 is 30.5 Å². The molecule has 0 aliphatic heterocycles. The van der Waals surface area contributed by atoms with Crippen LogP contribution in [0.25, 0.3) is 0 Å². The van der Waals surface area contributed by atoms with Crippen molar-refractivity contribution in [1.29, 1.82) is 0 Å². The zero-order chi connectivity index (χ0) is 21.1. The van der Waals surface area contributed by atoms with Gasteiger partial charge < -0.3 is 4.74 Å². The zero-order valence-electron chi connectivity index (χ0n) is 15.3. The minimum Gasteiger partial charge on any atom is -0.457 e. The third kappa shape index (κ3) is 5.36. The maximum absolute atomic E-state index is 13.5. The lowest BCUT2D eigenvalue weighted by atomic mass is 10.1. The highest BCUT2D eigenvalue weighted by atomic mass is 32.2. The summed E-state index contributed by atoms with van der Waals surface area (Å²) in [6, 6.07) is 19.0. The molecule has 1 atom stereocenters. The Bertz CT molecular complexity index is 1050. The van der Waals surface area contributed by atoms with Crippen LogP contribution in [0.2, 0.25) is 0 Å². The highest BCUT2D eigenvalue weighted by Crippen LogP contribution is 2.39. The maximum atomic E-state index is 13.5. The molecule has 0 spiro atoms. The van der Waals surface area contributed by atoms with Crippen LogP contribution < -0.4 is 4.74 Å². The Kier molecular flexibility index (Phi) is 5.95. The summed E-state index contributed by atoms with van der Waals surface area (Å²) < 4.78 is 75.4. The monoisotopic (exact) mass is 422 g/mol. The lowest BCUT2D eigenvalue weighted by Gasteiger charge is -2.21. The van der Waals surface area contributed by atoms with E-state index in [2.05, 4.69) is 4.18 Å². The maximum Gasteiger partial charge on any atom is 0.420 e. The summed E-state index contributed by atoms with van der Waals surface area (Å²) in [4.78, 5) is -0.346. The van der Waals surface area contributed by atoms with Crippen LogP contribution in [0.15, 0.2) is 83.8 Å². The van der Waals surface area contributed by atoms with Crippen LogP contribution in [0.4, 0.5) is 13.2 Å². The van der Waals surface area contributed by atoms with Crippen LogP contribution in [0.3, 0.4) is 0 Å². The van der Waals surface area contributed by atoms with E-state index in [1.165, 1.54) is 36.4 Å². The Balaban J connectivity index is 1.84. The van der Waals surface area contributed by atoms with Gasteiger partial charge in [-0.25, -0.2) is 4.18 Å². The van der Waals surface area contributed by atoms with E-state index in [1.54, 1.807) is 37.3 Å². The average molecular weight is 422 g/mol. The van der Waals surface area contributed by atoms with Crippen molar-refractivity contribution in [2.45, 2.75) is 24.1 Å². The standard InChI is InChI=1S/C21H17F3O4S/c1-15-7-13-19(14-8-15)29(25,26)28-20(21(22,23)24)16-9-11-18(12-10-16)27-17-5-3-2-4-6-17/h2-14,20H,1H3. The summed E-state index contributed by atoms with van der Waals surface area (Å²) >= 11 is 0. The number of ether oxygens (including phenoxy) is 1. The van der Waals surface area contributed by atoms with Crippen LogP contribution in [0, 0.1) is 6.92 Å². The molecule has 0 amide bonds. The highest BCUT2D eigenvalue weighted by Gasteiger charge is 2.45. The molecule has 0 aliphatic carbocycles. The molecule has 3 rings (SSSR count). The first-order valence-corrected chi connectivity index (χ1v) is 9.95. The van der Waals surface area contributed by atoms with Crippen molar-refractivity contribution in [3.8, 4) is 11.5 Å². The van der Waals surface area contributed by atoms with E-state index < -0.39 is 22.4 Å². The van der Waals surface area contributed by atoms with Crippen LogP contribution in [0.5, 0.6) is 11.5 Å². The molecule has 0 heterocycles. The third-order valence-electron chi connectivity index (χ3n) is 3.99. The summed E-state index contributed by atoms with van der Waals surface area (Å²) in [5.41, 5.74) is 0.416. The number of rotatable bonds is 6. The van der Waals surface area contributed by atoms with Crippen molar-refractivity contribution in [2.75, 3.05) is 0 Å². The van der Waals surface area contributed by atoms with E-state index in [4.69, 9.17) is 4.74 Å². The van der Waals surface area contributed by atoms with Crippen molar-refractivity contribution in [3.63, 3.8) is 0 Å². The fourth-order valence-corrected chi connectivity index (χ4v) is 3.58. The molecular formula is C21H17F3O4S. The van der Waals surface area contributed by atoms with Crippen LogP contribution in [-0.2, 0) is 14.3 Å². The molecule has 0 radical (unpaired) electrons. The molecule has 3 aromatic rings. The average Bonchev–Trinajstić information content (AvgIpc) is 2.67. The fraction of sp³-hybridized carbons (Fsp3) is 0.143. The highest BCUT2D eigenvalue weighted by molar-refractivity contribution is 7.86. The van der Waals surface area contributed by atoms with E-state index in [0.29, 0.717) is 11.5 Å². The zero-order valence-corrected chi connectivity index (χ0v) is 16.1. The number of para-hydroxylation sites is 1. The smallest absolute Gasteiger partial charge is 0.420 e. The second-order valence-electron chi connectivity index (χ2n) is 6.27. The minimum absolute atomic E-state index is 0.308. The molecule has 0 aromatic heterocycles.